The van der Waals surface area contributed by atoms with Crippen LogP contribution in [0, 0.1) is 0 Å². The fraction of sp³-hybridized carbons (Fsp3) is 0.231. The van der Waals surface area contributed by atoms with E-state index in [2.05, 4.69) is 17.5 Å². The highest BCUT2D eigenvalue weighted by Crippen LogP contribution is 2.27. The smallest absolute Gasteiger partial charge is 0.264 e. The van der Waals surface area contributed by atoms with Crippen LogP contribution in [0.3, 0.4) is 0 Å². The van der Waals surface area contributed by atoms with E-state index in [0.29, 0.717) is 17.4 Å². The second-order valence-corrected chi connectivity index (χ2v) is 10.0. The molecular formula is C26H28ClN3O5S. The van der Waals surface area contributed by atoms with Crippen LogP contribution in [0.5, 0.6) is 11.5 Å². The summed E-state index contributed by atoms with van der Waals surface area (Å²) in [6.45, 7) is 2.25. The van der Waals surface area contributed by atoms with Crippen molar-refractivity contribution < 1.29 is 22.7 Å². The number of benzene rings is 3. The summed E-state index contributed by atoms with van der Waals surface area (Å²) in [6.07, 6.45) is 3.51. The van der Waals surface area contributed by atoms with Crippen LogP contribution in [0.2, 0.25) is 5.02 Å². The lowest BCUT2D eigenvalue weighted by Gasteiger charge is -2.24. The maximum atomic E-state index is 13.4. The predicted molar refractivity (Wildman–Crippen MR) is 142 cm³/mol. The molecule has 0 saturated carbocycles. The lowest BCUT2D eigenvalue weighted by atomic mass is 10.2. The van der Waals surface area contributed by atoms with Crippen molar-refractivity contribution in [3.63, 3.8) is 0 Å². The topological polar surface area (TPSA) is 97.3 Å². The summed E-state index contributed by atoms with van der Waals surface area (Å²) in [6, 6.07) is 19.4. The van der Waals surface area contributed by atoms with E-state index < -0.39 is 22.5 Å². The highest BCUT2D eigenvalue weighted by Gasteiger charge is 2.27. The zero-order valence-electron chi connectivity index (χ0n) is 20.1. The van der Waals surface area contributed by atoms with Crippen molar-refractivity contribution in [1.82, 2.24) is 5.43 Å². The molecule has 0 spiro atoms. The number of carbonyl (C=O) groups excluding carboxylic acids is 1. The Morgan fingerprint density at radius 1 is 1.06 bits per heavy atom. The second kappa shape index (κ2) is 12.9. The van der Waals surface area contributed by atoms with E-state index in [1.54, 1.807) is 18.2 Å². The molecule has 0 heterocycles. The quantitative estimate of drug-likeness (QED) is 0.205. The number of ether oxygens (including phenoxy) is 2. The van der Waals surface area contributed by atoms with E-state index in [9.17, 15) is 13.2 Å². The molecule has 3 aromatic carbocycles. The number of unbranched alkanes of at least 4 members (excludes halogenated alkanes) is 1. The van der Waals surface area contributed by atoms with Gasteiger partial charge in [-0.05, 0) is 78.7 Å². The molecule has 0 atom stereocenters. The van der Waals surface area contributed by atoms with Gasteiger partial charge in [0.25, 0.3) is 15.9 Å². The van der Waals surface area contributed by atoms with E-state index in [4.69, 9.17) is 21.1 Å². The van der Waals surface area contributed by atoms with Gasteiger partial charge in [-0.2, -0.15) is 5.10 Å². The number of amides is 1. The molecule has 3 rings (SSSR count). The summed E-state index contributed by atoms with van der Waals surface area (Å²) in [4.78, 5) is 12.7. The molecule has 0 aliphatic rings. The van der Waals surface area contributed by atoms with Crippen molar-refractivity contribution in [1.29, 1.82) is 0 Å². The summed E-state index contributed by atoms with van der Waals surface area (Å²) < 4.78 is 38.5. The van der Waals surface area contributed by atoms with Crippen LogP contribution in [0.25, 0.3) is 0 Å². The van der Waals surface area contributed by atoms with Crippen LogP contribution < -0.4 is 19.2 Å². The number of nitrogens with one attached hydrogen (secondary N) is 1. The average Bonchev–Trinajstić information content (AvgIpc) is 2.88. The zero-order chi connectivity index (χ0) is 26.0. The molecule has 0 aliphatic heterocycles. The third kappa shape index (κ3) is 7.47. The van der Waals surface area contributed by atoms with Gasteiger partial charge < -0.3 is 9.47 Å². The fourth-order valence-electron chi connectivity index (χ4n) is 3.15. The van der Waals surface area contributed by atoms with Crippen LogP contribution in [-0.4, -0.2) is 40.8 Å². The number of methoxy groups -OCH3 is 1. The Morgan fingerprint density at radius 2 is 1.75 bits per heavy atom. The summed E-state index contributed by atoms with van der Waals surface area (Å²) in [5.74, 6) is 0.643. The maximum absolute atomic E-state index is 13.4. The molecule has 36 heavy (non-hydrogen) atoms. The Hall–Kier alpha value is -3.56. The highest BCUT2D eigenvalue weighted by molar-refractivity contribution is 7.92. The Balaban J connectivity index is 1.73. The van der Waals surface area contributed by atoms with Gasteiger partial charge in [-0.25, -0.2) is 13.8 Å². The first-order valence-corrected chi connectivity index (χ1v) is 13.1. The minimum atomic E-state index is -4.09. The Morgan fingerprint density at radius 3 is 2.39 bits per heavy atom. The first kappa shape index (κ1) is 27.0. The number of rotatable bonds is 12. The number of hydrogen-bond donors (Lipinski definition) is 1. The molecule has 1 N–H and O–H groups in total. The highest BCUT2D eigenvalue weighted by atomic mass is 35.5. The molecule has 3 aromatic rings. The summed E-state index contributed by atoms with van der Waals surface area (Å²) in [5, 5.41) is 4.30. The van der Waals surface area contributed by atoms with Crippen LogP contribution in [-0.2, 0) is 14.8 Å². The Kier molecular flexibility index (Phi) is 9.72. The van der Waals surface area contributed by atoms with Gasteiger partial charge in [0.15, 0.2) is 0 Å². The number of nitrogens with zero attached hydrogens (tertiary/aromatic N) is 2. The zero-order valence-corrected chi connectivity index (χ0v) is 21.6. The van der Waals surface area contributed by atoms with E-state index >= 15 is 0 Å². The number of hydrogen-bond acceptors (Lipinski definition) is 6. The summed E-state index contributed by atoms with van der Waals surface area (Å²) >= 11 is 6.09. The molecule has 0 saturated heterocycles. The van der Waals surface area contributed by atoms with Gasteiger partial charge in [0, 0.05) is 5.02 Å². The first-order valence-electron chi connectivity index (χ1n) is 11.3. The Bertz CT molecular complexity index is 1280. The lowest BCUT2D eigenvalue weighted by Crippen LogP contribution is -2.39. The molecule has 0 fully saturated rings. The van der Waals surface area contributed by atoms with Crippen LogP contribution in [0.1, 0.15) is 25.3 Å². The minimum absolute atomic E-state index is 0.000761. The van der Waals surface area contributed by atoms with Crippen molar-refractivity contribution in [3.8, 4) is 11.5 Å². The van der Waals surface area contributed by atoms with E-state index in [1.165, 1.54) is 43.7 Å². The van der Waals surface area contributed by atoms with Gasteiger partial charge in [0.2, 0.25) is 0 Å². The third-order valence-electron chi connectivity index (χ3n) is 5.08. The largest absolute Gasteiger partial charge is 0.497 e. The molecule has 1 amide bonds. The SMILES string of the molecule is CCCCOc1ccc(/C=N\NC(=O)CN(c2cccc(Cl)c2)S(=O)(=O)c2ccc(OC)cc2)cc1. The van der Waals surface area contributed by atoms with Gasteiger partial charge in [0.1, 0.15) is 18.0 Å². The molecule has 0 unspecified atom stereocenters. The Labute approximate surface area is 216 Å². The van der Waals surface area contributed by atoms with Gasteiger partial charge in [-0.3, -0.25) is 9.10 Å². The number of halogens is 1. The summed E-state index contributed by atoms with van der Waals surface area (Å²) in [5.41, 5.74) is 3.38. The van der Waals surface area contributed by atoms with Crippen LogP contribution in [0.4, 0.5) is 5.69 Å². The maximum Gasteiger partial charge on any atom is 0.264 e. The monoisotopic (exact) mass is 529 g/mol. The van der Waals surface area contributed by atoms with Crippen molar-refractivity contribution >= 4 is 39.4 Å². The molecule has 0 radical (unpaired) electrons. The molecule has 10 heteroatoms. The number of anilines is 1. The van der Waals surface area contributed by atoms with Gasteiger partial charge in [-0.1, -0.05) is 31.0 Å². The van der Waals surface area contributed by atoms with Crippen molar-refractivity contribution in [2.45, 2.75) is 24.7 Å². The van der Waals surface area contributed by atoms with Crippen LogP contribution >= 0.6 is 11.6 Å². The molecule has 0 aliphatic carbocycles. The standard InChI is InChI=1S/C26H28ClN3O5S/c1-3-4-16-35-24-10-8-20(9-11-24)18-28-29-26(31)19-30(22-7-5-6-21(27)17-22)36(32,33)25-14-12-23(34-2)13-15-25/h5-15,17-18H,3-4,16,19H2,1-2H3,(H,29,31)/b28-18-. The first-order chi connectivity index (χ1) is 17.3. The van der Waals surface area contributed by atoms with Crippen molar-refractivity contribution in [2.75, 3.05) is 24.6 Å². The van der Waals surface area contributed by atoms with Crippen molar-refractivity contribution in [3.05, 3.63) is 83.4 Å². The minimum Gasteiger partial charge on any atom is -0.497 e. The normalized spacial score (nSPS) is 11.3. The van der Waals surface area contributed by atoms with E-state index in [0.717, 1.165) is 28.5 Å². The average molecular weight is 530 g/mol. The molecule has 0 bridgehead atoms. The van der Waals surface area contributed by atoms with E-state index in [1.807, 2.05) is 24.3 Å². The molecule has 8 nitrogen and oxygen atoms in total. The lowest BCUT2D eigenvalue weighted by molar-refractivity contribution is -0.119. The predicted octanol–water partition coefficient (Wildman–Crippen LogP) is 4.87. The molecular weight excluding hydrogens is 502 g/mol. The third-order valence-corrected chi connectivity index (χ3v) is 7.10. The number of hydrazone groups is 1. The number of sulfonamides is 1. The summed E-state index contributed by atoms with van der Waals surface area (Å²) in [7, 11) is -2.60. The fourth-order valence-corrected chi connectivity index (χ4v) is 4.75. The van der Waals surface area contributed by atoms with Gasteiger partial charge in [-0.15, -0.1) is 0 Å². The van der Waals surface area contributed by atoms with Crippen LogP contribution in [0.15, 0.2) is 82.8 Å². The molecule has 0 aromatic heterocycles. The van der Waals surface area contributed by atoms with Gasteiger partial charge in [0.05, 0.1) is 30.5 Å². The number of carbonyl (C=O) groups is 1. The van der Waals surface area contributed by atoms with Gasteiger partial charge >= 0.3 is 0 Å². The molecule has 190 valence electrons. The van der Waals surface area contributed by atoms with E-state index in [-0.39, 0.29) is 10.6 Å². The second-order valence-electron chi connectivity index (χ2n) is 7.73. The van der Waals surface area contributed by atoms with Crippen molar-refractivity contribution in [2.24, 2.45) is 5.10 Å².